The minimum absolute atomic E-state index is 0.0631. The maximum absolute atomic E-state index is 10.9. The smallest absolute Gasteiger partial charge is 0.233 e. The lowest BCUT2D eigenvalue weighted by Gasteiger charge is -2.03. The summed E-state index contributed by atoms with van der Waals surface area (Å²) in [6.45, 7) is 3.26. The fraction of sp³-hybridized carbons (Fsp3) is 0.875. The van der Waals surface area contributed by atoms with Gasteiger partial charge in [-0.1, -0.05) is 0 Å². The SMILES string of the molecule is CCNC(=O)CNCCCS(C)(=O)=O. The van der Waals surface area contributed by atoms with Gasteiger partial charge in [0.05, 0.1) is 12.3 Å². The number of rotatable bonds is 7. The van der Waals surface area contributed by atoms with Crippen LogP contribution in [0.4, 0.5) is 0 Å². The summed E-state index contributed by atoms with van der Waals surface area (Å²) in [5.41, 5.74) is 0. The van der Waals surface area contributed by atoms with Gasteiger partial charge in [-0.25, -0.2) is 8.42 Å². The highest BCUT2D eigenvalue weighted by atomic mass is 32.2. The summed E-state index contributed by atoms with van der Waals surface area (Å²) in [7, 11) is -2.88. The summed E-state index contributed by atoms with van der Waals surface area (Å²) in [4.78, 5) is 10.9. The molecule has 0 saturated carbocycles. The van der Waals surface area contributed by atoms with E-state index in [1.807, 2.05) is 6.92 Å². The Balaban J connectivity index is 3.34. The number of nitrogens with one attached hydrogen (secondary N) is 2. The summed E-state index contributed by atoms with van der Waals surface area (Å²) >= 11 is 0. The van der Waals surface area contributed by atoms with Gasteiger partial charge in [0.2, 0.25) is 5.91 Å². The molecule has 0 aromatic carbocycles. The van der Waals surface area contributed by atoms with Gasteiger partial charge in [0.25, 0.3) is 0 Å². The Bertz CT molecular complexity index is 262. The topological polar surface area (TPSA) is 75.3 Å². The molecule has 0 aromatic rings. The molecule has 0 unspecified atom stereocenters. The van der Waals surface area contributed by atoms with Crippen LogP contribution in [-0.4, -0.2) is 46.0 Å². The first kappa shape index (κ1) is 13.4. The Hall–Kier alpha value is -0.620. The first-order valence-electron chi connectivity index (χ1n) is 4.61. The first-order valence-corrected chi connectivity index (χ1v) is 6.67. The lowest BCUT2D eigenvalue weighted by molar-refractivity contribution is -0.120. The van der Waals surface area contributed by atoms with Crippen LogP contribution in [0.2, 0.25) is 0 Å². The van der Waals surface area contributed by atoms with Crippen LogP contribution in [0.15, 0.2) is 0 Å². The number of sulfone groups is 1. The molecular weight excluding hydrogens is 204 g/mol. The maximum atomic E-state index is 10.9. The molecule has 0 aliphatic carbocycles. The van der Waals surface area contributed by atoms with E-state index in [-0.39, 0.29) is 18.2 Å². The van der Waals surface area contributed by atoms with E-state index < -0.39 is 9.84 Å². The third kappa shape index (κ3) is 9.47. The van der Waals surface area contributed by atoms with Crippen molar-refractivity contribution in [1.82, 2.24) is 10.6 Å². The number of carbonyl (C=O) groups is 1. The molecule has 0 saturated heterocycles. The molecule has 0 rings (SSSR count). The quantitative estimate of drug-likeness (QED) is 0.550. The van der Waals surface area contributed by atoms with Crippen LogP contribution < -0.4 is 10.6 Å². The molecule has 0 atom stereocenters. The van der Waals surface area contributed by atoms with Gasteiger partial charge in [-0.3, -0.25) is 4.79 Å². The zero-order chi connectivity index (χ0) is 11.0. The van der Waals surface area contributed by atoms with E-state index in [0.29, 0.717) is 19.5 Å². The van der Waals surface area contributed by atoms with E-state index in [1.165, 1.54) is 6.26 Å². The van der Waals surface area contributed by atoms with E-state index in [9.17, 15) is 13.2 Å². The summed E-state index contributed by atoms with van der Waals surface area (Å²) < 4.78 is 21.4. The first-order chi connectivity index (χ1) is 6.45. The van der Waals surface area contributed by atoms with Gasteiger partial charge in [0.15, 0.2) is 0 Å². The zero-order valence-corrected chi connectivity index (χ0v) is 9.49. The minimum atomic E-state index is -2.88. The fourth-order valence-corrected chi connectivity index (χ4v) is 1.59. The van der Waals surface area contributed by atoms with Crippen LogP contribution in [0.3, 0.4) is 0 Å². The van der Waals surface area contributed by atoms with Crippen molar-refractivity contribution in [3.05, 3.63) is 0 Å². The van der Waals surface area contributed by atoms with Crippen molar-refractivity contribution < 1.29 is 13.2 Å². The fourth-order valence-electron chi connectivity index (χ4n) is 0.921. The van der Waals surface area contributed by atoms with Crippen LogP contribution in [0, 0.1) is 0 Å². The monoisotopic (exact) mass is 222 g/mol. The van der Waals surface area contributed by atoms with Crippen LogP contribution in [-0.2, 0) is 14.6 Å². The Labute approximate surface area is 85.2 Å². The van der Waals surface area contributed by atoms with E-state index in [2.05, 4.69) is 10.6 Å². The molecule has 14 heavy (non-hydrogen) atoms. The third-order valence-corrected chi connectivity index (χ3v) is 2.56. The van der Waals surface area contributed by atoms with Gasteiger partial charge >= 0.3 is 0 Å². The summed E-state index contributed by atoms with van der Waals surface area (Å²) in [6.07, 6.45) is 1.75. The van der Waals surface area contributed by atoms with E-state index in [1.54, 1.807) is 0 Å². The average Bonchev–Trinajstić information content (AvgIpc) is 2.02. The van der Waals surface area contributed by atoms with Gasteiger partial charge in [-0.2, -0.15) is 0 Å². The number of hydrogen-bond donors (Lipinski definition) is 2. The molecule has 0 spiro atoms. The number of hydrogen-bond acceptors (Lipinski definition) is 4. The molecule has 2 N–H and O–H groups in total. The van der Waals surface area contributed by atoms with Crippen molar-refractivity contribution in [2.75, 3.05) is 31.6 Å². The Kier molecular flexibility index (Phi) is 6.48. The molecule has 0 fully saturated rings. The lowest BCUT2D eigenvalue weighted by Crippen LogP contribution is -2.34. The molecule has 6 heteroatoms. The van der Waals surface area contributed by atoms with Gasteiger partial charge in [-0.05, 0) is 19.9 Å². The normalized spacial score (nSPS) is 11.3. The molecule has 0 heterocycles. The molecule has 84 valence electrons. The van der Waals surface area contributed by atoms with Gasteiger partial charge in [0.1, 0.15) is 9.84 Å². The Morgan fingerprint density at radius 2 is 2.00 bits per heavy atom. The second-order valence-corrected chi connectivity index (χ2v) is 5.37. The second kappa shape index (κ2) is 6.78. The molecular formula is C8H18N2O3S. The number of carbonyl (C=O) groups excluding carboxylic acids is 1. The van der Waals surface area contributed by atoms with Crippen molar-refractivity contribution >= 4 is 15.7 Å². The predicted molar refractivity (Wildman–Crippen MR) is 55.9 cm³/mol. The van der Waals surface area contributed by atoms with Crippen LogP contribution >= 0.6 is 0 Å². The van der Waals surface area contributed by atoms with Crippen LogP contribution in [0.25, 0.3) is 0 Å². The lowest BCUT2D eigenvalue weighted by atomic mass is 10.4. The predicted octanol–water partition coefficient (Wildman–Crippen LogP) is -0.853. The minimum Gasteiger partial charge on any atom is -0.355 e. The van der Waals surface area contributed by atoms with Crippen molar-refractivity contribution in [3.8, 4) is 0 Å². The van der Waals surface area contributed by atoms with Crippen molar-refractivity contribution in [2.24, 2.45) is 0 Å². The maximum Gasteiger partial charge on any atom is 0.233 e. The van der Waals surface area contributed by atoms with Crippen molar-refractivity contribution in [2.45, 2.75) is 13.3 Å². The van der Waals surface area contributed by atoms with Crippen LogP contribution in [0.1, 0.15) is 13.3 Å². The highest BCUT2D eigenvalue weighted by Crippen LogP contribution is 1.86. The summed E-state index contributed by atoms with van der Waals surface area (Å²) in [5.74, 6) is 0.0990. The van der Waals surface area contributed by atoms with Crippen molar-refractivity contribution in [3.63, 3.8) is 0 Å². The summed E-state index contributed by atoms with van der Waals surface area (Å²) in [6, 6.07) is 0. The standard InChI is InChI=1S/C8H18N2O3S/c1-3-10-8(11)7-9-5-4-6-14(2,12)13/h9H,3-7H2,1-2H3,(H,10,11). The molecule has 0 bridgehead atoms. The average molecular weight is 222 g/mol. The van der Waals surface area contributed by atoms with E-state index in [4.69, 9.17) is 0 Å². The van der Waals surface area contributed by atoms with E-state index >= 15 is 0 Å². The molecule has 0 aromatic heterocycles. The van der Waals surface area contributed by atoms with E-state index in [0.717, 1.165) is 0 Å². The molecule has 1 amide bonds. The largest absolute Gasteiger partial charge is 0.355 e. The number of likely N-dealkylation sites (N-methyl/N-ethyl adjacent to an activating group) is 1. The highest BCUT2D eigenvalue weighted by Gasteiger charge is 2.01. The Morgan fingerprint density at radius 1 is 1.36 bits per heavy atom. The molecule has 0 aliphatic heterocycles. The summed E-state index contributed by atoms with van der Waals surface area (Å²) in [5, 5.41) is 5.50. The molecule has 0 aliphatic rings. The van der Waals surface area contributed by atoms with Gasteiger partial charge in [-0.15, -0.1) is 0 Å². The number of amides is 1. The van der Waals surface area contributed by atoms with Crippen LogP contribution in [0.5, 0.6) is 0 Å². The Morgan fingerprint density at radius 3 is 2.50 bits per heavy atom. The van der Waals surface area contributed by atoms with Crippen molar-refractivity contribution in [1.29, 1.82) is 0 Å². The molecule has 5 nitrogen and oxygen atoms in total. The van der Waals surface area contributed by atoms with Gasteiger partial charge < -0.3 is 10.6 Å². The second-order valence-electron chi connectivity index (χ2n) is 3.11. The van der Waals surface area contributed by atoms with Gasteiger partial charge in [0, 0.05) is 12.8 Å². The highest BCUT2D eigenvalue weighted by molar-refractivity contribution is 7.90. The third-order valence-electron chi connectivity index (χ3n) is 1.53. The molecule has 0 radical (unpaired) electrons. The zero-order valence-electron chi connectivity index (χ0n) is 8.67.